The van der Waals surface area contributed by atoms with Gasteiger partial charge in [0.15, 0.2) is 5.03 Å². The number of alkyl halides is 3. The van der Waals surface area contributed by atoms with Crippen molar-refractivity contribution in [3.8, 4) is 5.88 Å². The van der Waals surface area contributed by atoms with Gasteiger partial charge in [-0.2, -0.15) is 13.2 Å². The van der Waals surface area contributed by atoms with Crippen LogP contribution >= 0.6 is 0 Å². The number of rotatable bonds is 3. The molecule has 0 spiro atoms. The molecule has 0 saturated carbocycles. The molecule has 0 aliphatic carbocycles. The highest BCUT2D eigenvalue weighted by Crippen LogP contribution is 2.30. The van der Waals surface area contributed by atoms with Gasteiger partial charge in [0.1, 0.15) is 5.56 Å². The Hall–Kier alpha value is -1.84. The number of aromatic nitrogens is 1. The SMILES string of the molecule is COc1nc(S(=O)(=O)C(F)(F)F)ccc1C(=O)O. The third-order valence-electron chi connectivity index (χ3n) is 1.84. The monoisotopic (exact) mass is 285 g/mol. The van der Waals surface area contributed by atoms with Gasteiger partial charge in [-0.15, -0.1) is 0 Å². The molecule has 0 bridgehead atoms. The minimum Gasteiger partial charge on any atom is -0.480 e. The van der Waals surface area contributed by atoms with Crippen LogP contribution in [0, 0.1) is 0 Å². The van der Waals surface area contributed by atoms with E-state index in [9.17, 15) is 26.4 Å². The number of ether oxygens (including phenoxy) is 1. The first-order valence-electron chi connectivity index (χ1n) is 4.21. The molecular formula is C8H6F3NO5S. The number of carboxylic acids is 1. The van der Waals surface area contributed by atoms with Crippen LogP contribution in [0.15, 0.2) is 17.2 Å². The molecular weight excluding hydrogens is 279 g/mol. The van der Waals surface area contributed by atoms with Gasteiger partial charge in [0.05, 0.1) is 7.11 Å². The number of hydrogen-bond acceptors (Lipinski definition) is 5. The van der Waals surface area contributed by atoms with Crippen molar-refractivity contribution in [3.05, 3.63) is 17.7 Å². The lowest BCUT2D eigenvalue weighted by atomic mass is 10.3. The molecule has 100 valence electrons. The summed E-state index contributed by atoms with van der Waals surface area (Å²) >= 11 is 0. The van der Waals surface area contributed by atoms with Gasteiger partial charge in [0.2, 0.25) is 5.88 Å². The summed E-state index contributed by atoms with van der Waals surface area (Å²) in [7, 11) is -4.68. The number of aromatic carboxylic acids is 1. The van der Waals surface area contributed by atoms with E-state index >= 15 is 0 Å². The Bertz CT molecular complexity index is 581. The van der Waals surface area contributed by atoms with Gasteiger partial charge in [-0.05, 0) is 12.1 Å². The molecule has 6 nitrogen and oxygen atoms in total. The van der Waals surface area contributed by atoms with Crippen molar-refractivity contribution in [2.75, 3.05) is 7.11 Å². The Morgan fingerprint density at radius 3 is 2.33 bits per heavy atom. The second-order valence-electron chi connectivity index (χ2n) is 2.96. The molecule has 1 rings (SSSR count). The number of methoxy groups -OCH3 is 1. The molecule has 0 aliphatic rings. The molecule has 0 fully saturated rings. The summed E-state index contributed by atoms with van der Waals surface area (Å²) in [4.78, 5) is 13.7. The number of nitrogens with zero attached hydrogens (tertiary/aromatic N) is 1. The van der Waals surface area contributed by atoms with Crippen LogP contribution in [0.25, 0.3) is 0 Å². The van der Waals surface area contributed by atoms with Gasteiger partial charge in [-0.1, -0.05) is 0 Å². The number of pyridine rings is 1. The van der Waals surface area contributed by atoms with E-state index in [-0.39, 0.29) is 0 Å². The highest BCUT2D eigenvalue weighted by Gasteiger charge is 2.48. The predicted octanol–water partition coefficient (Wildman–Crippen LogP) is 1.08. The molecule has 1 aromatic rings. The third-order valence-corrected chi connectivity index (χ3v) is 3.23. The third kappa shape index (κ3) is 2.37. The second kappa shape index (κ2) is 4.44. The van der Waals surface area contributed by atoms with Gasteiger partial charge in [-0.3, -0.25) is 0 Å². The molecule has 1 aromatic heterocycles. The standard InChI is InChI=1S/C8H6F3NO5S/c1-17-6-4(7(13)14)2-3-5(12-6)18(15,16)8(9,10)11/h2-3H,1H3,(H,13,14). The highest BCUT2D eigenvalue weighted by atomic mass is 32.2. The zero-order valence-corrected chi connectivity index (χ0v) is 9.54. The average Bonchev–Trinajstić information content (AvgIpc) is 2.26. The zero-order valence-electron chi connectivity index (χ0n) is 8.72. The van der Waals surface area contributed by atoms with Crippen molar-refractivity contribution in [1.29, 1.82) is 0 Å². The number of halogens is 3. The minimum atomic E-state index is -5.64. The summed E-state index contributed by atoms with van der Waals surface area (Å²) in [6.45, 7) is 0. The molecule has 0 aliphatic heterocycles. The Morgan fingerprint density at radius 1 is 1.39 bits per heavy atom. The van der Waals surface area contributed by atoms with E-state index in [2.05, 4.69) is 9.72 Å². The highest BCUT2D eigenvalue weighted by molar-refractivity contribution is 7.92. The fourth-order valence-electron chi connectivity index (χ4n) is 1.01. The molecule has 0 amide bonds. The van der Waals surface area contributed by atoms with Gasteiger partial charge in [-0.25, -0.2) is 18.2 Å². The number of sulfone groups is 1. The quantitative estimate of drug-likeness (QED) is 0.893. The van der Waals surface area contributed by atoms with Crippen LogP contribution in [-0.4, -0.2) is 37.1 Å². The largest absolute Gasteiger partial charge is 0.503 e. The van der Waals surface area contributed by atoms with Crippen LogP contribution < -0.4 is 4.74 Å². The Kier molecular flexibility index (Phi) is 3.51. The lowest BCUT2D eigenvalue weighted by molar-refractivity contribution is -0.0438. The van der Waals surface area contributed by atoms with Crippen LogP contribution in [0.4, 0.5) is 13.2 Å². The maximum Gasteiger partial charge on any atom is 0.503 e. The Balaban J connectivity index is 3.44. The van der Waals surface area contributed by atoms with Crippen LogP contribution in [0.2, 0.25) is 0 Å². The molecule has 0 unspecified atom stereocenters. The Labute approximate surface area is 98.9 Å². The second-order valence-corrected chi connectivity index (χ2v) is 4.85. The molecule has 18 heavy (non-hydrogen) atoms. The van der Waals surface area contributed by atoms with Gasteiger partial charge in [0.25, 0.3) is 9.84 Å². The van der Waals surface area contributed by atoms with Gasteiger partial charge >= 0.3 is 11.5 Å². The average molecular weight is 285 g/mol. The van der Waals surface area contributed by atoms with Crippen LogP contribution in [0.1, 0.15) is 10.4 Å². The maximum absolute atomic E-state index is 12.2. The number of hydrogen-bond donors (Lipinski definition) is 1. The van der Waals surface area contributed by atoms with Crippen LogP contribution in [-0.2, 0) is 9.84 Å². The van der Waals surface area contributed by atoms with Crippen molar-refractivity contribution >= 4 is 15.8 Å². The Morgan fingerprint density at radius 2 is 1.94 bits per heavy atom. The summed E-state index contributed by atoms with van der Waals surface area (Å²) in [5.74, 6) is -2.22. The zero-order chi connectivity index (χ0) is 14.1. The number of carbonyl (C=O) groups is 1. The molecule has 1 heterocycles. The number of carboxylic acid groups (broad SMARTS) is 1. The van der Waals surface area contributed by atoms with Gasteiger partial charge < -0.3 is 9.84 Å². The summed E-state index contributed by atoms with van der Waals surface area (Å²) in [5.41, 5.74) is -6.06. The van der Waals surface area contributed by atoms with Crippen molar-refractivity contribution in [2.45, 2.75) is 10.5 Å². The smallest absolute Gasteiger partial charge is 0.480 e. The maximum atomic E-state index is 12.2. The van der Waals surface area contributed by atoms with Crippen molar-refractivity contribution in [3.63, 3.8) is 0 Å². The first-order chi connectivity index (χ1) is 8.11. The van der Waals surface area contributed by atoms with E-state index in [0.29, 0.717) is 12.1 Å². The van der Waals surface area contributed by atoms with E-state index in [1.807, 2.05) is 0 Å². The van der Waals surface area contributed by atoms with Crippen molar-refractivity contribution < 1.29 is 36.2 Å². The topological polar surface area (TPSA) is 93.6 Å². The summed E-state index contributed by atoms with van der Waals surface area (Å²) in [5, 5.41) is 7.34. The summed E-state index contributed by atoms with van der Waals surface area (Å²) in [6.07, 6.45) is 0. The fourth-order valence-corrected chi connectivity index (χ4v) is 1.70. The van der Waals surface area contributed by atoms with E-state index in [1.165, 1.54) is 0 Å². The lowest BCUT2D eigenvalue weighted by Crippen LogP contribution is -2.24. The van der Waals surface area contributed by atoms with E-state index < -0.39 is 37.8 Å². The first kappa shape index (κ1) is 14.2. The van der Waals surface area contributed by atoms with Gasteiger partial charge in [0, 0.05) is 0 Å². The molecule has 0 radical (unpaired) electrons. The summed E-state index contributed by atoms with van der Waals surface area (Å²) in [6, 6.07) is 1.13. The van der Waals surface area contributed by atoms with Crippen LogP contribution in [0.3, 0.4) is 0 Å². The van der Waals surface area contributed by atoms with Crippen molar-refractivity contribution in [1.82, 2.24) is 4.98 Å². The minimum absolute atomic E-state index is 0.453. The fraction of sp³-hybridized carbons (Fsp3) is 0.250. The summed E-state index contributed by atoms with van der Waals surface area (Å²) < 4.78 is 63.1. The van der Waals surface area contributed by atoms with E-state index in [1.54, 1.807) is 0 Å². The van der Waals surface area contributed by atoms with E-state index in [4.69, 9.17) is 5.11 Å². The molecule has 0 aromatic carbocycles. The predicted molar refractivity (Wildman–Crippen MR) is 51.0 cm³/mol. The van der Waals surface area contributed by atoms with Crippen LogP contribution in [0.5, 0.6) is 5.88 Å². The van der Waals surface area contributed by atoms with Crippen molar-refractivity contribution in [2.24, 2.45) is 0 Å². The molecule has 0 saturated heterocycles. The molecule has 10 heteroatoms. The van der Waals surface area contributed by atoms with E-state index in [0.717, 1.165) is 7.11 Å². The molecule has 1 N–H and O–H groups in total. The lowest BCUT2D eigenvalue weighted by Gasteiger charge is -2.09. The normalized spacial score (nSPS) is 12.2. The molecule has 0 atom stereocenters. The first-order valence-corrected chi connectivity index (χ1v) is 5.69.